The summed E-state index contributed by atoms with van der Waals surface area (Å²) in [4.78, 5) is 0. The van der Waals surface area contributed by atoms with Gasteiger partial charge in [-0.3, -0.25) is 0 Å². The van der Waals surface area contributed by atoms with E-state index in [0.29, 0.717) is 22.3 Å². The molecule has 0 aliphatic carbocycles. The van der Waals surface area contributed by atoms with Crippen LogP contribution in [0.4, 0.5) is 5.69 Å². The van der Waals surface area contributed by atoms with Crippen molar-refractivity contribution >= 4 is 40.5 Å². The number of benzene rings is 1. The molecule has 2 nitrogen and oxygen atoms in total. The summed E-state index contributed by atoms with van der Waals surface area (Å²) in [5, 5.41) is 4.20. The largest absolute Gasteiger partial charge is 0.495 e. The van der Waals surface area contributed by atoms with Gasteiger partial charge in [0.1, 0.15) is 5.75 Å². The summed E-state index contributed by atoms with van der Waals surface area (Å²) in [6.07, 6.45) is 0. The fourth-order valence-corrected chi connectivity index (χ4v) is 1.35. The van der Waals surface area contributed by atoms with Crippen LogP contribution in [0.15, 0.2) is 28.8 Å². The molecule has 15 heavy (non-hydrogen) atoms. The van der Waals surface area contributed by atoms with Gasteiger partial charge in [-0.05, 0) is 18.2 Å². The molecule has 0 heterocycles. The van der Waals surface area contributed by atoms with Crippen LogP contribution in [0.1, 0.15) is 0 Å². The van der Waals surface area contributed by atoms with Crippen LogP contribution < -0.4 is 10.1 Å². The lowest BCUT2D eigenvalue weighted by Crippen LogP contribution is -2.02. The van der Waals surface area contributed by atoms with Gasteiger partial charge in [-0.25, -0.2) is 0 Å². The van der Waals surface area contributed by atoms with E-state index >= 15 is 0 Å². The fourth-order valence-electron chi connectivity index (χ4n) is 1.04. The average Bonchev–Trinajstić information content (AvgIpc) is 2.26. The highest BCUT2D eigenvalue weighted by Crippen LogP contribution is 2.27. The highest BCUT2D eigenvalue weighted by molar-refractivity contribution is 6.36. The van der Waals surface area contributed by atoms with Crippen LogP contribution in [0.3, 0.4) is 0 Å². The van der Waals surface area contributed by atoms with Crippen molar-refractivity contribution in [2.75, 3.05) is 19.0 Å². The SMILES string of the molecule is COc1ccc(Cl)cc1NCC(Cl)=CCl. The topological polar surface area (TPSA) is 21.3 Å². The molecule has 1 aromatic carbocycles. The van der Waals surface area contributed by atoms with Crippen LogP contribution in [0, 0.1) is 0 Å². The molecule has 1 rings (SSSR count). The first-order valence-electron chi connectivity index (χ1n) is 4.19. The van der Waals surface area contributed by atoms with Gasteiger partial charge >= 0.3 is 0 Å². The summed E-state index contributed by atoms with van der Waals surface area (Å²) < 4.78 is 5.15. The molecule has 0 aliphatic heterocycles. The summed E-state index contributed by atoms with van der Waals surface area (Å²) in [6.45, 7) is 0.432. The number of anilines is 1. The lowest BCUT2D eigenvalue weighted by molar-refractivity contribution is 0.416. The molecular formula is C10H10Cl3NO. The van der Waals surface area contributed by atoms with Crippen molar-refractivity contribution in [3.63, 3.8) is 0 Å². The molecule has 0 atom stereocenters. The second kappa shape index (κ2) is 6.11. The van der Waals surface area contributed by atoms with Gasteiger partial charge in [0.15, 0.2) is 0 Å². The van der Waals surface area contributed by atoms with Crippen LogP contribution in [0.2, 0.25) is 5.02 Å². The Balaban J connectivity index is 2.78. The van der Waals surface area contributed by atoms with Crippen molar-refractivity contribution in [2.24, 2.45) is 0 Å². The molecular weight excluding hydrogens is 256 g/mol. The third-order valence-electron chi connectivity index (χ3n) is 1.73. The zero-order valence-electron chi connectivity index (χ0n) is 8.06. The molecule has 0 unspecified atom stereocenters. The number of nitrogens with one attached hydrogen (secondary N) is 1. The predicted octanol–water partition coefficient (Wildman–Crippen LogP) is 4.08. The summed E-state index contributed by atoms with van der Waals surface area (Å²) >= 11 is 17.0. The number of halogens is 3. The molecule has 0 aromatic heterocycles. The van der Waals surface area contributed by atoms with E-state index in [1.165, 1.54) is 5.54 Å². The van der Waals surface area contributed by atoms with Crippen LogP contribution >= 0.6 is 34.8 Å². The average molecular weight is 267 g/mol. The monoisotopic (exact) mass is 265 g/mol. The second-order valence-electron chi connectivity index (χ2n) is 2.75. The molecule has 0 spiro atoms. The van der Waals surface area contributed by atoms with E-state index in [9.17, 15) is 0 Å². The first-order chi connectivity index (χ1) is 7.17. The van der Waals surface area contributed by atoms with Crippen molar-refractivity contribution in [2.45, 2.75) is 0 Å². The third kappa shape index (κ3) is 3.82. The lowest BCUT2D eigenvalue weighted by atomic mass is 10.3. The molecule has 1 aromatic rings. The molecule has 0 saturated heterocycles. The molecule has 0 bridgehead atoms. The van der Waals surface area contributed by atoms with E-state index in [4.69, 9.17) is 39.5 Å². The van der Waals surface area contributed by atoms with Crippen LogP contribution in [0.25, 0.3) is 0 Å². The van der Waals surface area contributed by atoms with E-state index in [2.05, 4.69) is 5.32 Å². The molecule has 0 fully saturated rings. The Kier molecular flexibility index (Phi) is 5.09. The first-order valence-corrected chi connectivity index (χ1v) is 5.38. The van der Waals surface area contributed by atoms with Crippen molar-refractivity contribution < 1.29 is 4.74 Å². The standard InChI is InChI=1S/C10H10Cl3NO/c1-15-10-3-2-7(12)4-9(10)14-6-8(13)5-11/h2-5,14H,6H2,1H3. The van der Waals surface area contributed by atoms with E-state index in [-0.39, 0.29) is 0 Å². The van der Waals surface area contributed by atoms with Gasteiger partial charge in [0.2, 0.25) is 0 Å². The van der Waals surface area contributed by atoms with Crippen molar-refractivity contribution in [1.82, 2.24) is 0 Å². The smallest absolute Gasteiger partial charge is 0.142 e. The zero-order valence-corrected chi connectivity index (χ0v) is 10.3. The Labute approximate surface area is 104 Å². The van der Waals surface area contributed by atoms with Gasteiger partial charge in [-0.15, -0.1) is 0 Å². The minimum atomic E-state index is 0.432. The predicted molar refractivity (Wildman–Crippen MR) is 66.3 cm³/mol. The highest BCUT2D eigenvalue weighted by atomic mass is 35.5. The van der Waals surface area contributed by atoms with Crippen LogP contribution in [-0.2, 0) is 0 Å². The van der Waals surface area contributed by atoms with E-state index in [1.807, 2.05) is 0 Å². The van der Waals surface area contributed by atoms with Crippen LogP contribution in [-0.4, -0.2) is 13.7 Å². The number of ether oxygens (including phenoxy) is 1. The highest BCUT2D eigenvalue weighted by Gasteiger charge is 2.03. The summed E-state index contributed by atoms with van der Waals surface area (Å²) in [6, 6.07) is 5.30. The normalized spacial score (nSPS) is 11.3. The van der Waals surface area contributed by atoms with Gasteiger partial charge in [0.05, 0.1) is 19.3 Å². The van der Waals surface area contributed by atoms with Crippen molar-refractivity contribution in [3.8, 4) is 5.75 Å². The quantitative estimate of drug-likeness (QED) is 0.886. The summed E-state index contributed by atoms with van der Waals surface area (Å²) in [5.74, 6) is 0.707. The van der Waals surface area contributed by atoms with E-state index < -0.39 is 0 Å². The Morgan fingerprint density at radius 2 is 2.27 bits per heavy atom. The molecule has 1 N–H and O–H groups in total. The van der Waals surface area contributed by atoms with Gasteiger partial charge in [-0.2, -0.15) is 0 Å². The minimum Gasteiger partial charge on any atom is -0.495 e. The lowest BCUT2D eigenvalue weighted by Gasteiger charge is -2.10. The molecule has 0 amide bonds. The second-order valence-corrected chi connectivity index (χ2v) is 3.89. The van der Waals surface area contributed by atoms with Gasteiger partial charge in [0.25, 0.3) is 0 Å². The Morgan fingerprint density at radius 1 is 1.53 bits per heavy atom. The maximum atomic E-state index is 5.85. The van der Waals surface area contributed by atoms with Gasteiger partial charge in [-0.1, -0.05) is 34.8 Å². The van der Waals surface area contributed by atoms with Gasteiger partial charge < -0.3 is 10.1 Å². The number of rotatable bonds is 4. The van der Waals surface area contributed by atoms with Crippen LogP contribution in [0.5, 0.6) is 5.75 Å². The molecule has 0 aliphatic rings. The Hall–Kier alpha value is -0.570. The van der Waals surface area contributed by atoms with Gasteiger partial charge in [0, 0.05) is 15.6 Å². The zero-order chi connectivity index (χ0) is 11.3. The van der Waals surface area contributed by atoms with E-state index in [1.54, 1.807) is 25.3 Å². The molecule has 0 saturated carbocycles. The Morgan fingerprint density at radius 3 is 2.87 bits per heavy atom. The van der Waals surface area contributed by atoms with Crippen molar-refractivity contribution in [1.29, 1.82) is 0 Å². The number of hydrogen-bond acceptors (Lipinski definition) is 2. The number of methoxy groups -OCH3 is 1. The Bertz CT molecular complexity index is 366. The third-order valence-corrected chi connectivity index (χ3v) is 2.58. The van der Waals surface area contributed by atoms with E-state index in [0.717, 1.165) is 5.69 Å². The first kappa shape index (κ1) is 12.5. The van der Waals surface area contributed by atoms with Crippen molar-refractivity contribution in [3.05, 3.63) is 33.8 Å². The summed E-state index contributed by atoms with van der Waals surface area (Å²) in [5.41, 5.74) is 2.09. The minimum absolute atomic E-state index is 0.432. The summed E-state index contributed by atoms with van der Waals surface area (Å²) in [7, 11) is 1.59. The number of hydrogen-bond donors (Lipinski definition) is 1. The maximum absolute atomic E-state index is 5.85. The molecule has 0 radical (unpaired) electrons. The molecule has 82 valence electrons. The molecule has 5 heteroatoms. The maximum Gasteiger partial charge on any atom is 0.142 e. The fraction of sp³-hybridized carbons (Fsp3) is 0.200.